The second kappa shape index (κ2) is 3.47. The number of rotatable bonds is 2. The summed E-state index contributed by atoms with van der Waals surface area (Å²) in [6, 6.07) is 8.87. The first kappa shape index (κ1) is 9.86. The highest BCUT2D eigenvalue weighted by Gasteiger charge is 2.47. The Morgan fingerprint density at radius 3 is 2.40 bits per heavy atom. The molecule has 0 aromatic heterocycles. The van der Waals surface area contributed by atoms with E-state index in [4.69, 9.17) is 0 Å². The minimum Gasteiger partial charge on any atom is -0.395 e. The Hall–Kier alpha value is -1.68. The summed E-state index contributed by atoms with van der Waals surface area (Å²) in [5.41, 5.74) is -0.408. The monoisotopic (exact) mass is 205 g/mol. The zero-order valence-electron chi connectivity index (χ0n) is 8.06. The molecule has 4 heteroatoms. The van der Waals surface area contributed by atoms with Gasteiger partial charge in [-0.3, -0.25) is 14.9 Å². The quantitative estimate of drug-likeness (QED) is 0.666. The molecule has 0 saturated carbocycles. The maximum atomic E-state index is 11.6. The highest BCUT2D eigenvalue weighted by Crippen LogP contribution is 2.31. The Morgan fingerprint density at radius 1 is 1.27 bits per heavy atom. The van der Waals surface area contributed by atoms with Crippen molar-refractivity contribution in [3.63, 3.8) is 0 Å². The Kier molecular flexibility index (Phi) is 2.28. The van der Waals surface area contributed by atoms with Crippen molar-refractivity contribution in [2.45, 2.75) is 11.8 Å². The number of amides is 2. The number of carbonyl (C=O) groups is 2. The van der Waals surface area contributed by atoms with Gasteiger partial charge < -0.3 is 5.11 Å². The first-order valence-corrected chi connectivity index (χ1v) is 4.70. The second-order valence-electron chi connectivity index (χ2n) is 3.66. The SMILES string of the molecule is O=C1CC(CO)(c2ccccc2)C(=O)N1. The fourth-order valence-electron chi connectivity index (χ4n) is 1.85. The highest BCUT2D eigenvalue weighted by atomic mass is 16.3. The summed E-state index contributed by atoms with van der Waals surface area (Å²) in [7, 11) is 0. The minimum absolute atomic E-state index is 0.0202. The first-order chi connectivity index (χ1) is 7.19. The molecule has 1 saturated heterocycles. The molecule has 1 heterocycles. The van der Waals surface area contributed by atoms with Crippen LogP contribution in [0.15, 0.2) is 30.3 Å². The van der Waals surface area contributed by atoms with Crippen molar-refractivity contribution in [3.8, 4) is 0 Å². The molecule has 4 nitrogen and oxygen atoms in total. The second-order valence-corrected chi connectivity index (χ2v) is 3.66. The van der Waals surface area contributed by atoms with E-state index < -0.39 is 11.3 Å². The average molecular weight is 205 g/mol. The van der Waals surface area contributed by atoms with Crippen LogP contribution >= 0.6 is 0 Å². The van der Waals surface area contributed by atoms with Gasteiger partial charge in [0.2, 0.25) is 11.8 Å². The van der Waals surface area contributed by atoms with Gasteiger partial charge in [-0.05, 0) is 5.56 Å². The van der Waals surface area contributed by atoms with Gasteiger partial charge in [-0.1, -0.05) is 30.3 Å². The summed E-state index contributed by atoms with van der Waals surface area (Å²) in [6.45, 7) is -0.353. The highest BCUT2D eigenvalue weighted by molar-refractivity contribution is 6.09. The van der Waals surface area contributed by atoms with Crippen molar-refractivity contribution in [2.75, 3.05) is 6.61 Å². The summed E-state index contributed by atoms with van der Waals surface area (Å²) < 4.78 is 0. The van der Waals surface area contributed by atoms with E-state index >= 15 is 0 Å². The predicted molar refractivity (Wildman–Crippen MR) is 53.0 cm³/mol. The van der Waals surface area contributed by atoms with E-state index in [-0.39, 0.29) is 18.9 Å². The van der Waals surface area contributed by atoms with Gasteiger partial charge in [-0.15, -0.1) is 0 Å². The van der Waals surface area contributed by atoms with Crippen LogP contribution < -0.4 is 5.32 Å². The molecule has 1 aliphatic rings. The Morgan fingerprint density at radius 2 is 1.93 bits per heavy atom. The van der Waals surface area contributed by atoms with Crippen LogP contribution in [0.1, 0.15) is 12.0 Å². The lowest BCUT2D eigenvalue weighted by Crippen LogP contribution is -2.38. The van der Waals surface area contributed by atoms with E-state index in [1.165, 1.54) is 0 Å². The van der Waals surface area contributed by atoms with Gasteiger partial charge in [0.1, 0.15) is 5.41 Å². The summed E-state index contributed by atoms with van der Waals surface area (Å²) in [6.07, 6.45) is 0.0202. The van der Waals surface area contributed by atoms with Gasteiger partial charge in [-0.25, -0.2) is 0 Å². The maximum absolute atomic E-state index is 11.6. The fraction of sp³-hybridized carbons (Fsp3) is 0.273. The molecule has 1 aromatic rings. The van der Waals surface area contributed by atoms with E-state index in [0.717, 1.165) is 0 Å². The van der Waals surface area contributed by atoms with Crippen LogP contribution in [0.4, 0.5) is 0 Å². The number of aliphatic hydroxyl groups is 1. The molecule has 78 valence electrons. The smallest absolute Gasteiger partial charge is 0.240 e. The van der Waals surface area contributed by atoms with E-state index in [9.17, 15) is 14.7 Å². The first-order valence-electron chi connectivity index (χ1n) is 4.70. The molecule has 2 rings (SSSR count). The largest absolute Gasteiger partial charge is 0.395 e. The third kappa shape index (κ3) is 1.43. The van der Waals surface area contributed by atoms with E-state index in [1.54, 1.807) is 24.3 Å². The van der Waals surface area contributed by atoms with Gasteiger partial charge in [0.25, 0.3) is 0 Å². The van der Waals surface area contributed by atoms with Crippen molar-refractivity contribution in [2.24, 2.45) is 0 Å². The van der Waals surface area contributed by atoms with Crippen LogP contribution in [0.2, 0.25) is 0 Å². The van der Waals surface area contributed by atoms with Crippen LogP contribution in [0.5, 0.6) is 0 Å². The zero-order valence-corrected chi connectivity index (χ0v) is 8.06. The Balaban J connectivity index is 2.47. The molecule has 2 N–H and O–H groups in total. The molecule has 1 aromatic carbocycles. The molecule has 0 aliphatic carbocycles. The zero-order chi connectivity index (χ0) is 10.9. The lowest BCUT2D eigenvalue weighted by Gasteiger charge is -2.22. The minimum atomic E-state index is -1.08. The van der Waals surface area contributed by atoms with E-state index in [1.807, 2.05) is 6.07 Å². The van der Waals surface area contributed by atoms with Crippen molar-refractivity contribution >= 4 is 11.8 Å². The average Bonchev–Trinajstić information content (AvgIpc) is 2.56. The normalized spacial score (nSPS) is 25.4. The number of carbonyl (C=O) groups excluding carboxylic acids is 2. The van der Waals surface area contributed by atoms with E-state index in [2.05, 4.69) is 5.32 Å². The summed E-state index contributed by atoms with van der Waals surface area (Å²) in [5.74, 6) is -0.751. The summed E-state index contributed by atoms with van der Waals surface area (Å²) in [4.78, 5) is 22.8. The van der Waals surface area contributed by atoms with Crippen molar-refractivity contribution in [1.82, 2.24) is 5.32 Å². The van der Waals surface area contributed by atoms with Crippen LogP contribution in [0.3, 0.4) is 0 Å². The molecule has 0 radical (unpaired) electrons. The number of hydrogen-bond donors (Lipinski definition) is 2. The van der Waals surface area contributed by atoms with Crippen LogP contribution in [0.25, 0.3) is 0 Å². The maximum Gasteiger partial charge on any atom is 0.240 e. The van der Waals surface area contributed by atoms with Gasteiger partial charge in [0.15, 0.2) is 0 Å². The van der Waals surface area contributed by atoms with Crippen molar-refractivity contribution in [3.05, 3.63) is 35.9 Å². The third-order valence-corrected chi connectivity index (χ3v) is 2.75. The molecule has 15 heavy (non-hydrogen) atoms. The predicted octanol–water partition coefficient (Wildman–Crippen LogP) is -0.0368. The summed E-state index contributed by atoms with van der Waals surface area (Å²) in [5, 5.41) is 11.6. The molecular formula is C11H11NO3. The lowest BCUT2D eigenvalue weighted by molar-refractivity contribution is -0.127. The van der Waals surface area contributed by atoms with Crippen LogP contribution in [-0.4, -0.2) is 23.5 Å². The number of hydrogen-bond acceptors (Lipinski definition) is 3. The molecule has 0 spiro atoms. The van der Waals surface area contributed by atoms with Gasteiger partial charge in [-0.2, -0.15) is 0 Å². The molecule has 1 aliphatic heterocycles. The molecule has 1 atom stereocenters. The number of aliphatic hydroxyl groups excluding tert-OH is 1. The molecule has 1 unspecified atom stereocenters. The number of imide groups is 1. The Bertz CT molecular complexity index is 402. The lowest BCUT2D eigenvalue weighted by atomic mass is 9.80. The number of nitrogens with one attached hydrogen (secondary N) is 1. The standard InChI is InChI=1S/C11H11NO3/c13-7-11(6-9(14)12-10(11)15)8-4-2-1-3-5-8/h1-5,13H,6-7H2,(H,12,14,15). The Labute approximate surface area is 86.9 Å². The molecule has 0 bridgehead atoms. The van der Waals surface area contributed by atoms with Gasteiger partial charge in [0, 0.05) is 6.42 Å². The molecule has 2 amide bonds. The topological polar surface area (TPSA) is 66.4 Å². The van der Waals surface area contributed by atoms with Crippen molar-refractivity contribution < 1.29 is 14.7 Å². The van der Waals surface area contributed by atoms with Gasteiger partial charge in [0.05, 0.1) is 6.61 Å². The van der Waals surface area contributed by atoms with E-state index in [0.29, 0.717) is 5.56 Å². The molecule has 1 fully saturated rings. The molecular weight excluding hydrogens is 194 g/mol. The van der Waals surface area contributed by atoms with Crippen molar-refractivity contribution in [1.29, 1.82) is 0 Å². The fourth-order valence-corrected chi connectivity index (χ4v) is 1.85. The number of benzene rings is 1. The van der Waals surface area contributed by atoms with Crippen LogP contribution in [-0.2, 0) is 15.0 Å². The van der Waals surface area contributed by atoms with Gasteiger partial charge >= 0.3 is 0 Å². The summed E-state index contributed by atoms with van der Waals surface area (Å²) >= 11 is 0. The van der Waals surface area contributed by atoms with Crippen LogP contribution in [0, 0.1) is 0 Å². The third-order valence-electron chi connectivity index (χ3n) is 2.75.